The maximum Gasteiger partial charge on any atom is 0.301 e. The first-order valence-corrected chi connectivity index (χ1v) is 8.93. The van der Waals surface area contributed by atoms with Gasteiger partial charge in [-0.1, -0.05) is 31.5 Å². The van der Waals surface area contributed by atoms with Gasteiger partial charge in [0.25, 0.3) is 5.69 Å². The van der Waals surface area contributed by atoms with Crippen molar-refractivity contribution in [1.29, 1.82) is 0 Å². The summed E-state index contributed by atoms with van der Waals surface area (Å²) in [6.45, 7) is 8.42. The van der Waals surface area contributed by atoms with Crippen molar-refractivity contribution in [3.05, 3.63) is 72.8 Å². The van der Waals surface area contributed by atoms with Crippen molar-refractivity contribution in [2.45, 2.75) is 40.5 Å². The van der Waals surface area contributed by atoms with Crippen molar-refractivity contribution >= 4 is 22.8 Å². The summed E-state index contributed by atoms with van der Waals surface area (Å²) in [6, 6.07) is 7.74. The number of hydrazone groups is 1. The van der Waals surface area contributed by atoms with E-state index in [9.17, 15) is 20.2 Å². The van der Waals surface area contributed by atoms with E-state index < -0.39 is 9.85 Å². The standard InChI is InChI=1S/C20H22N4O4/c1-12-7-13(2)19-14(8-12)10-20(3,4)11-17(19)22-21-16-6-5-15(23(25)26)9-18(16)24(27)28/h5-9,21H,10-11H2,1-4H3. The lowest BCUT2D eigenvalue weighted by Crippen LogP contribution is -2.29. The molecule has 0 saturated heterocycles. The van der Waals surface area contributed by atoms with Gasteiger partial charge in [0.15, 0.2) is 0 Å². The van der Waals surface area contributed by atoms with Crippen molar-refractivity contribution in [3.63, 3.8) is 0 Å². The molecule has 0 bridgehead atoms. The molecule has 28 heavy (non-hydrogen) atoms. The van der Waals surface area contributed by atoms with Gasteiger partial charge in [-0.3, -0.25) is 25.7 Å². The third-order valence-electron chi connectivity index (χ3n) is 4.87. The molecule has 0 atom stereocenters. The molecule has 8 nitrogen and oxygen atoms in total. The number of non-ortho nitro benzene ring substituents is 1. The van der Waals surface area contributed by atoms with Crippen LogP contribution in [-0.4, -0.2) is 15.6 Å². The Balaban J connectivity index is 2.04. The van der Waals surface area contributed by atoms with Crippen LogP contribution >= 0.6 is 0 Å². The Morgan fingerprint density at radius 3 is 2.39 bits per heavy atom. The molecule has 0 amide bonds. The summed E-state index contributed by atoms with van der Waals surface area (Å²) in [5.41, 5.74) is 7.61. The molecule has 0 aliphatic heterocycles. The Bertz CT molecular complexity index is 1010. The fourth-order valence-corrected chi connectivity index (χ4v) is 3.83. The van der Waals surface area contributed by atoms with E-state index in [1.165, 1.54) is 23.3 Å². The van der Waals surface area contributed by atoms with E-state index in [1.807, 2.05) is 6.92 Å². The molecule has 0 aromatic heterocycles. The highest BCUT2D eigenvalue weighted by molar-refractivity contribution is 6.05. The van der Waals surface area contributed by atoms with Crippen molar-refractivity contribution < 1.29 is 9.85 Å². The van der Waals surface area contributed by atoms with Crippen molar-refractivity contribution in [3.8, 4) is 0 Å². The molecular weight excluding hydrogens is 360 g/mol. The van der Waals surface area contributed by atoms with E-state index in [4.69, 9.17) is 0 Å². The summed E-state index contributed by atoms with van der Waals surface area (Å²) in [7, 11) is 0. The highest BCUT2D eigenvalue weighted by Crippen LogP contribution is 2.37. The van der Waals surface area contributed by atoms with Crippen LogP contribution < -0.4 is 5.43 Å². The normalized spacial score (nSPS) is 16.5. The first-order chi connectivity index (χ1) is 13.1. The molecule has 1 aliphatic rings. The molecule has 0 unspecified atom stereocenters. The number of nitrogens with zero attached hydrogens (tertiary/aromatic N) is 3. The quantitative estimate of drug-likeness (QED) is 0.597. The van der Waals surface area contributed by atoms with Gasteiger partial charge in [0.1, 0.15) is 5.69 Å². The Hall–Kier alpha value is -3.29. The smallest absolute Gasteiger partial charge is 0.271 e. The number of nitro groups is 2. The van der Waals surface area contributed by atoms with Crippen molar-refractivity contribution in [2.24, 2.45) is 10.5 Å². The average molecular weight is 382 g/mol. The third-order valence-corrected chi connectivity index (χ3v) is 4.87. The minimum Gasteiger partial charge on any atom is -0.271 e. The molecule has 2 aromatic carbocycles. The first kappa shape index (κ1) is 19.5. The minimum absolute atomic E-state index is 0.00908. The van der Waals surface area contributed by atoms with Crippen LogP contribution in [0.15, 0.2) is 35.4 Å². The van der Waals surface area contributed by atoms with Gasteiger partial charge in [0, 0.05) is 11.6 Å². The lowest BCUT2D eigenvalue weighted by atomic mass is 9.72. The predicted octanol–water partition coefficient (Wildman–Crippen LogP) is 4.91. The van der Waals surface area contributed by atoms with Crippen LogP contribution in [0.25, 0.3) is 0 Å². The SMILES string of the molecule is Cc1cc(C)c2c(c1)CC(C)(C)CC2=NNc1ccc([N+](=O)[O-])cc1[N+](=O)[O-]. The molecule has 2 aromatic rings. The van der Waals surface area contributed by atoms with Gasteiger partial charge in [0.2, 0.25) is 0 Å². The summed E-state index contributed by atoms with van der Waals surface area (Å²) < 4.78 is 0. The Morgan fingerprint density at radius 2 is 1.75 bits per heavy atom. The molecule has 146 valence electrons. The molecular formula is C20H22N4O4. The van der Waals surface area contributed by atoms with Crippen molar-refractivity contribution in [1.82, 2.24) is 0 Å². The monoisotopic (exact) mass is 382 g/mol. The summed E-state index contributed by atoms with van der Waals surface area (Å²) in [5, 5.41) is 26.7. The second-order valence-electron chi connectivity index (χ2n) is 8.02. The number of fused-ring (bicyclic) bond motifs is 1. The number of nitrogens with one attached hydrogen (secondary N) is 1. The van der Waals surface area contributed by atoms with Crippen LogP contribution in [0.1, 0.15) is 42.5 Å². The van der Waals surface area contributed by atoms with E-state index >= 15 is 0 Å². The summed E-state index contributed by atoms with van der Waals surface area (Å²) in [6.07, 6.45) is 1.65. The van der Waals surface area contributed by atoms with E-state index in [-0.39, 0.29) is 22.5 Å². The van der Waals surface area contributed by atoms with Gasteiger partial charge in [-0.25, -0.2) is 0 Å². The predicted molar refractivity (Wildman–Crippen MR) is 108 cm³/mol. The van der Waals surface area contributed by atoms with Gasteiger partial charge >= 0.3 is 5.69 Å². The Labute approximate surface area is 162 Å². The molecule has 0 radical (unpaired) electrons. The number of nitro benzene ring substituents is 2. The molecule has 1 N–H and O–H groups in total. The second-order valence-corrected chi connectivity index (χ2v) is 8.02. The number of rotatable bonds is 4. The zero-order valence-electron chi connectivity index (χ0n) is 16.3. The average Bonchev–Trinajstić information content (AvgIpc) is 2.57. The fraction of sp³-hybridized carbons (Fsp3) is 0.350. The lowest BCUT2D eigenvalue weighted by molar-refractivity contribution is -0.393. The van der Waals surface area contributed by atoms with Crippen LogP contribution in [0.2, 0.25) is 0 Å². The Morgan fingerprint density at radius 1 is 1.04 bits per heavy atom. The maximum atomic E-state index is 11.3. The van der Waals surface area contributed by atoms with Crippen LogP contribution in [-0.2, 0) is 6.42 Å². The number of benzene rings is 2. The van der Waals surface area contributed by atoms with Gasteiger partial charge in [0.05, 0.1) is 21.6 Å². The van der Waals surface area contributed by atoms with E-state index in [0.29, 0.717) is 0 Å². The third kappa shape index (κ3) is 3.85. The molecule has 0 spiro atoms. The molecule has 3 rings (SSSR count). The summed E-state index contributed by atoms with van der Waals surface area (Å²) in [4.78, 5) is 20.9. The zero-order chi connectivity index (χ0) is 20.6. The van der Waals surface area contributed by atoms with Crippen molar-refractivity contribution in [2.75, 3.05) is 5.43 Å². The summed E-state index contributed by atoms with van der Waals surface area (Å²) in [5.74, 6) is 0. The Kier molecular flexibility index (Phi) is 4.89. The number of hydrogen-bond donors (Lipinski definition) is 1. The fourth-order valence-electron chi connectivity index (χ4n) is 3.83. The van der Waals surface area contributed by atoms with Crippen LogP contribution in [0.5, 0.6) is 0 Å². The number of aryl methyl sites for hydroxylation is 2. The molecule has 1 aliphatic carbocycles. The molecule has 0 saturated carbocycles. The largest absolute Gasteiger partial charge is 0.301 e. The van der Waals surface area contributed by atoms with Crippen LogP contribution in [0, 0.1) is 39.5 Å². The second kappa shape index (κ2) is 7.03. The van der Waals surface area contributed by atoms with Gasteiger partial charge in [-0.05, 0) is 49.3 Å². The minimum atomic E-state index is -0.658. The zero-order valence-corrected chi connectivity index (χ0v) is 16.3. The van der Waals surface area contributed by atoms with E-state index in [0.717, 1.165) is 35.7 Å². The highest BCUT2D eigenvalue weighted by Gasteiger charge is 2.31. The van der Waals surface area contributed by atoms with Gasteiger partial charge < -0.3 is 0 Å². The van der Waals surface area contributed by atoms with Gasteiger partial charge in [-0.15, -0.1) is 0 Å². The van der Waals surface area contributed by atoms with Crippen LogP contribution in [0.3, 0.4) is 0 Å². The van der Waals surface area contributed by atoms with Gasteiger partial charge in [-0.2, -0.15) is 5.10 Å². The number of anilines is 1. The highest BCUT2D eigenvalue weighted by atomic mass is 16.6. The molecule has 0 heterocycles. The van der Waals surface area contributed by atoms with E-state index in [2.05, 4.69) is 43.4 Å². The number of hydrogen-bond acceptors (Lipinski definition) is 6. The lowest BCUT2D eigenvalue weighted by Gasteiger charge is -2.33. The first-order valence-electron chi connectivity index (χ1n) is 8.93. The van der Waals surface area contributed by atoms with E-state index in [1.54, 1.807) is 0 Å². The van der Waals surface area contributed by atoms with Crippen LogP contribution in [0.4, 0.5) is 17.1 Å². The maximum absolute atomic E-state index is 11.3. The summed E-state index contributed by atoms with van der Waals surface area (Å²) >= 11 is 0. The molecule has 8 heteroatoms. The topological polar surface area (TPSA) is 111 Å². The molecule has 0 fully saturated rings.